The van der Waals surface area contributed by atoms with Crippen LogP contribution in [0, 0.1) is 0 Å². The van der Waals surface area contributed by atoms with Crippen LogP contribution in [0.1, 0.15) is 26.3 Å². The lowest BCUT2D eigenvalue weighted by Crippen LogP contribution is -2.16. The molecule has 1 aromatic heterocycles. The molecule has 2 N–H and O–H groups in total. The summed E-state index contributed by atoms with van der Waals surface area (Å²) in [6.07, 6.45) is -2.35. The Morgan fingerprint density at radius 2 is 1.90 bits per heavy atom. The number of carboxylic acids is 1. The average Bonchev–Trinajstić information content (AvgIpc) is 2.91. The molecule has 8 heteroatoms. The van der Waals surface area contributed by atoms with Crippen LogP contribution in [-0.4, -0.2) is 17.0 Å². The molecule has 110 valence electrons. The number of anilines is 1. The fraction of sp³-hybridized carbons (Fsp3) is 0.0769. The molecule has 0 saturated heterocycles. The Kier molecular flexibility index (Phi) is 3.70. The monoisotopic (exact) mass is 299 g/mol. The second kappa shape index (κ2) is 5.31. The lowest BCUT2D eigenvalue weighted by atomic mass is 10.1. The van der Waals surface area contributed by atoms with E-state index >= 15 is 0 Å². The molecule has 1 heterocycles. The molecule has 0 unspecified atom stereocenters. The number of hydrogen-bond acceptors (Lipinski definition) is 3. The third kappa shape index (κ3) is 3.22. The van der Waals surface area contributed by atoms with Gasteiger partial charge in [-0.2, -0.15) is 13.2 Å². The van der Waals surface area contributed by atoms with Gasteiger partial charge in [-0.25, -0.2) is 4.79 Å². The highest BCUT2D eigenvalue weighted by Crippen LogP contribution is 2.32. The second-order valence-corrected chi connectivity index (χ2v) is 4.03. The van der Waals surface area contributed by atoms with Crippen molar-refractivity contribution in [3.05, 3.63) is 53.5 Å². The molecule has 1 amide bonds. The van der Waals surface area contributed by atoms with E-state index in [0.29, 0.717) is 12.1 Å². The molecule has 0 radical (unpaired) electrons. The highest BCUT2D eigenvalue weighted by atomic mass is 19.4. The summed E-state index contributed by atoms with van der Waals surface area (Å²) in [6.45, 7) is 0. The van der Waals surface area contributed by atoms with Crippen molar-refractivity contribution >= 4 is 17.6 Å². The molecule has 1 aromatic carbocycles. The number of nitrogens with one attached hydrogen (secondary N) is 1. The molecule has 0 fully saturated rings. The average molecular weight is 299 g/mol. The van der Waals surface area contributed by atoms with Crippen molar-refractivity contribution in [2.45, 2.75) is 6.18 Å². The Balaban J connectivity index is 2.39. The van der Waals surface area contributed by atoms with Crippen molar-refractivity contribution in [3.8, 4) is 0 Å². The number of carboxylic acid groups (broad SMARTS) is 1. The minimum Gasteiger partial charge on any atom is -0.478 e. The minimum atomic E-state index is -4.65. The zero-order valence-electron chi connectivity index (χ0n) is 10.3. The fourth-order valence-corrected chi connectivity index (χ4v) is 1.60. The summed E-state index contributed by atoms with van der Waals surface area (Å²) in [5.41, 5.74) is -1.89. The molecule has 0 saturated carbocycles. The number of furan rings is 1. The van der Waals surface area contributed by atoms with Crippen molar-refractivity contribution in [1.29, 1.82) is 0 Å². The number of carbonyl (C=O) groups is 2. The van der Waals surface area contributed by atoms with Crippen LogP contribution in [0.25, 0.3) is 0 Å². The van der Waals surface area contributed by atoms with Crippen molar-refractivity contribution in [1.82, 2.24) is 0 Å². The van der Waals surface area contributed by atoms with E-state index in [1.807, 2.05) is 0 Å². The maximum absolute atomic E-state index is 12.6. The van der Waals surface area contributed by atoms with Gasteiger partial charge >= 0.3 is 12.1 Å². The van der Waals surface area contributed by atoms with E-state index in [-0.39, 0.29) is 5.56 Å². The molecule has 0 aliphatic rings. The Morgan fingerprint density at radius 3 is 2.43 bits per heavy atom. The zero-order chi connectivity index (χ0) is 15.6. The first-order valence-corrected chi connectivity index (χ1v) is 5.57. The molecule has 0 spiro atoms. The predicted octanol–water partition coefficient (Wildman–Crippen LogP) is 3.25. The number of halogens is 3. The summed E-state index contributed by atoms with van der Waals surface area (Å²) in [5.74, 6) is -2.23. The van der Waals surface area contributed by atoms with Gasteiger partial charge in [-0.3, -0.25) is 4.79 Å². The van der Waals surface area contributed by atoms with Gasteiger partial charge in [-0.1, -0.05) is 0 Å². The van der Waals surface area contributed by atoms with Crippen molar-refractivity contribution in [3.63, 3.8) is 0 Å². The smallest absolute Gasteiger partial charge is 0.416 e. The number of alkyl halides is 3. The minimum absolute atomic E-state index is 0.0590. The third-order valence-corrected chi connectivity index (χ3v) is 2.61. The number of carbonyl (C=O) groups excluding carboxylic acids is 1. The van der Waals surface area contributed by atoms with Crippen molar-refractivity contribution < 1.29 is 32.3 Å². The number of aromatic carboxylic acids is 1. The lowest BCUT2D eigenvalue weighted by molar-refractivity contribution is -0.137. The molecule has 0 bridgehead atoms. The molecule has 2 aromatic rings. The van der Waals surface area contributed by atoms with Crippen molar-refractivity contribution in [2.24, 2.45) is 0 Å². The first-order chi connectivity index (χ1) is 9.79. The number of benzene rings is 1. The Labute approximate surface area is 116 Å². The van der Waals surface area contributed by atoms with Gasteiger partial charge in [0.15, 0.2) is 0 Å². The highest BCUT2D eigenvalue weighted by Gasteiger charge is 2.31. The van der Waals surface area contributed by atoms with Crippen LogP contribution in [0.3, 0.4) is 0 Å². The van der Waals surface area contributed by atoms with Crippen molar-refractivity contribution in [2.75, 3.05) is 5.32 Å². The first kappa shape index (κ1) is 14.6. The molecular weight excluding hydrogens is 291 g/mol. The van der Waals surface area contributed by atoms with Gasteiger partial charge in [-0.15, -0.1) is 0 Å². The highest BCUT2D eigenvalue weighted by molar-refractivity contribution is 6.07. The summed E-state index contributed by atoms with van der Waals surface area (Å²) < 4.78 is 42.6. The van der Waals surface area contributed by atoms with E-state index in [9.17, 15) is 22.8 Å². The summed E-state index contributed by atoms with van der Waals surface area (Å²) in [5, 5.41) is 11.1. The van der Waals surface area contributed by atoms with Gasteiger partial charge in [0.25, 0.3) is 5.91 Å². The molecule has 21 heavy (non-hydrogen) atoms. The van der Waals surface area contributed by atoms with E-state index in [1.54, 1.807) is 0 Å². The Hall–Kier alpha value is -2.77. The van der Waals surface area contributed by atoms with Crippen LogP contribution in [0.2, 0.25) is 0 Å². The molecule has 0 aliphatic carbocycles. The van der Waals surface area contributed by atoms with E-state index in [4.69, 9.17) is 5.11 Å². The largest absolute Gasteiger partial charge is 0.478 e. The molecule has 5 nitrogen and oxygen atoms in total. The standard InChI is InChI=1S/C13H8F3NO4/c14-13(15,16)8-1-2-9(12(19)20)10(5-8)17-11(18)7-3-4-21-6-7/h1-6H,(H,17,18)(H,19,20). The first-order valence-electron chi connectivity index (χ1n) is 5.57. The molecular formula is C13H8F3NO4. The van der Waals surface area contributed by atoms with Crippen LogP contribution in [0.15, 0.2) is 41.2 Å². The predicted molar refractivity (Wildman–Crippen MR) is 65.1 cm³/mol. The quantitative estimate of drug-likeness (QED) is 0.911. The Bertz CT molecular complexity index is 677. The summed E-state index contributed by atoms with van der Waals surface area (Å²) in [4.78, 5) is 22.8. The second-order valence-electron chi connectivity index (χ2n) is 4.03. The number of rotatable bonds is 3. The van der Waals surface area contributed by atoms with Crippen LogP contribution >= 0.6 is 0 Å². The molecule has 2 rings (SSSR count). The maximum atomic E-state index is 12.6. The van der Waals surface area contributed by atoms with Crippen LogP contribution in [0.4, 0.5) is 18.9 Å². The van der Waals surface area contributed by atoms with E-state index in [1.165, 1.54) is 12.3 Å². The van der Waals surface area contributed by atoms with Crippen LogP contribution in [0.5, 0.6) is 0 Å². The number of hydrogen-bond donors (Lipinski definition) is 2. The van der Waals surface area contributed by atoms with Gasteiger partial charge in [0.1, 0.15) is 6.26 Å². The van der Waals surface area contributed by atoms with E-state index in [2.05, 4.69) is 9.73 Å². The molecule has 0 aliphatic heterocycles. The van der Waals surface area contributed by atoms with Gasteiger partial charge in [-0.05, 0) is 24.3 Å². The summed E-state index contributed by atoms with van der Waals surface area (Å²) >= 11 is 0. The van der Waals surface area contributed by atoms with Gasteiger partial charge in [0.05, 0.1) is 28.6 Å². The lowest BCUT2D eigenvalue weighted by Gasteiger charge is -2.12. The van der Waals surface area contributed by atoms with Gasteiger partial charge in [0, 0.05) is 0 Å². The van der Waals surface area contributed by atoms with Crippen LogP contribution < -0.4 is 5.32 Å². The van der Waals surface area contributed by atoms with E-state index < -0.39 is 34.9 Å². The summed E-state index contributed by atoms with van der Waals surface area (Å²) in [6, 6.07) is 3.29. The SMILES string of the molecule is O=C(Nc1cc(C(F)(F)F)ccc1C(=O)O)c1ccoc1. The topological polar surface area (TPSA) is 79.5 Å². The number of amides is 1. The normalized spacial score (nSPS) is 11.2. The van der Waals surface area contributed by atoms with Crippen LogP contribution in [-0.2, 0) is 6.18 Å². The third-order valence-electron chi connectivity index (χ3n) is 2.61. The molecule has 0 atom stereocenters. The van der Waals surface area contributed by atoms with Gasteiger partial charge < -0.3 is 14.8 Å². The Morgan fingerprint density at radius 1 is 1.19 bits per heavy atom. The summed E-state index contributed by atoms with van der Waals surface area (Å²) in [7, 11) is 0. The fourth-order valence-electron chi connectivity index (χ4n) is 1.60. The van der Waals surface area contributed by atoms with E-state index in [0.717, 1.165) is 12.3 Å². The zero-order valence-corrected chi connectivity index (χ0v) is 10.3. The van der Waals surface area contributed by atoms with Gasteiger partial charge in [0.2, 0.25) is 0 Å². The maximum Gasteiger partial charge on any atom is 0.416 e.